The summed E-state index contributed by atoms with van der Waals surface area (Å²) in [6.07, 6.45) is 5.73. The molecule has 1 aliphatic rings. The highest BCUT2D eigenvalue weighted by Gasteiger charge is 2.28. The molecule has 1 unspecified atom stereocenters. The molecule has 1 amide bonds. The number of carbonyl (C=O) groups excluding carboxylic acids is 1. The van der Waals surface area contributed by atoms with Crippen LogP contribution in [0.15, 0.2) is 49.6 Å². The summed E-state index contributed by atoms with van der Waals surface area (Å²) in [6, 6.07) is 10.0. The van der Waals surface area contributed by atoms with Gasteiger partial charge in [0.1, 0.15) is 5.52 Å². The predicted molar refractivity (Wildman–Crippen MR) is 131 cm³/mol. The SMILES string of the molecule is C=CCC1CNC(=O)c2cc(-c3cccc4nc(C)c(N(CC=C)CCCC#N)nc34)[nH]c21. The van der Waals surface area contributed by atoms with Gasteiger partial charge in [0.05, 0.1) is 22.8 Å². The third-order valence-electron chi connectivity index (χ3n) is 5.96. The van der Waals surface area contributed by atoms with Crippen LogP contribution in [0, 0.1) is 18.3 Å². The number of nitrogens with one attached hydrogen (secondary N) is 2. The zero-order chi connectivity index (χ0) is 23.4. The first kappa shape index (κ1) is 22.3. The Hall–Kier alpha value is -3.92. The van der Waals surface area contributed by atoms with Gasteiger partial charge in [0, 0.05) is 48.9 Å². The summed E-state index contributed by atoms with van der Waals surface area (Å²) in [5.74, 6) is 0.891. The predicted octanol–water partition coefficient (Wildman–Crippen LogP) is 4.63. The lowest BCUT2D eigenvalue weighted by molar-refractivity contribution is 0.0940. The molecule has 0 saturated carbocycles. The highest BCUT2D eigenvalue weighted by molar-refractivity contribution is 6.00. The standard InChI is InChI=1S/C26H28N6O/c1-4-9-18-16-28-26(33)20-15-22(30-23(18)20)19-10-8-11-21-24(19)31-25(17(3)29-21)32(13-5-2)14-7-6-12-27/h4-5,8,10-11,15,18,30H,1-2,6-7,9,13-14,16H2,3H3,(H,28,33). The molecule has 0 bridgehead atoms. The summed E-state index contributed by atoms with van der Waals surface area (Å²) in [4.78, 5) is 28.0. The van der Waals surface area contributed by atoms with Crippen LogP contribution in [0.25, 0.3) is 22.3 Å². The van der Waals surface area contributed by atoms with Crippen molar-refractivity contribution in [1.82, 2.24) is 20.3 Å². The Labute approximate surface area is 193 Å². The number of nitrogens with zero attached hydrogens (tertiary/aromatic N) is 4. The van der Waals surface area contributed by atoms with Crippen LogP contribution >= 0.6 is 0 Å². The number of nitriles is 1. The molecule has 0 fully saturated rings. The van der Waals surface area contributed by atoms with Gasteiger partial charge >= 0.3 is 0 Å². The van der Waals surface area contributed by atoms with Crippen LogP contribution in [0.5, 0.6) is 0 Å². The third-order valence-corrected chi connectivity index (χ3v) is 5.96. The fourth-order valence-electron chi connectivity index (χ4n) is 4.40. The van der Waals surface area contributed by atoms with Gasteiger partial charge in [-0.3, -0.25) is 4.79 Å². The quantitative estimate of drug-likeness (QED) is 0.373. The summed E-state index contributed by atoms with van der Waals surface area (Å²) in [6.45, 7) is 11.6. The first-order valence-corrected chi connectivity index (χ1v) is 11.2. The lowest BCUT2D eigenvalue weighted by atomic mass is 9.94. The number of benzene rings is 1. The van der Waals surface area contributed by atoms with Crippen molar-refractivity contribution in [3.8, 4) is 17.3 Å². The number of fused-ring (bicyclic) bond motifs is 2. The minimum Gasteiger partial charge on any atom is -0.357 e. The molecule has 1 atom stereocenters. The van der Waals surface area contributed by atoms with E-state index in [1.165, 1.54) is 0 Å². The van der Waals surface area contributed by atoms with Crippen molar-refractivity contribution >= 4 is 22.8 Å². The van der Waals surface area contributed by atoms with E-state index in [-0.39, 0.29) is 11.8 Å². The molecule has 33 heavy (non-hydrogen) atoms. The van der Waals surface area contributed by atoms with Gasteiger partial charge < -0.3 is 15.2 Å². The first-order chi connectivity index (χ1) is 16.1. The number of para-hydroxylation sites is 1. The number of anilines is 1. The van der Waals surface area contributed by atoms with Crippen molar-refractivity contribution in [2.75, 3.05) is 24.5 Å². The minimum atomic E-state index is -0.0645. The third kappa shape index (κ3) is 4.37. The smallest absolute Gasteiger partial charge is 0.253 e. The number of amides is 1. The van der Waals surface area contributed by atoms with Crippen LogP contribution in [-0.4, -0.2) is 40.5 Å². The number of rotatable bonds is 9. The number of H-pyrrole nitrogens is 1. The number of hydrogen-bond acceptors (Lipinski definition) is 5. The molecule has 168 valence electrons. The monoisotopic (exact) mass is 440 g/mol. The van der Waals surface area contributed by atoms with Crippen LogP contribution < -0.4 is 10.2 Å². The molecular formula is C26H28N6O. The summed E-state index contributed by atoms with van der Waals surface area (Å²) in [5, 5.41) is 11.9. The maximum absolute atomic E-state index is 12.5. The topological polar surface area (TPSA) is 97.7 Å². The summed E-state index contributed by atoms with van der Waals surface area (Å²) in [5.41, 5.74) is 5.75. The number of aromatic nitrogens is 3. The summed E-state index contributed by atoms with van der Waals surface area (Å²) < 4.78 is 0. The van der Waals surface area contributed by atoms with Gasteiger partial charge in [0.15, 0.2) is 5.82 Å². The van der Waals surface area contributed by atoms with E-state index in [1.807, 2.05) is 43.3 Å². The fraction of sp³-hybridized carbons (Fsp3) is 0.308. The Bertz CT molecular complexity index is 1250. The maximum atomic E-state index is 12.5. The number of hydrogen-bond donors (Lipinski definition) is 2. The molecule has 4 rings (SSSR count). The highest BCUT2D eigenvalue weighted by Crippen LogP contribution is 2.34. The molecule has 2 aromatic heterocycles. The average molecular weight is 441 g/mol. The van der Waals surface area contributed by atoms with Crippen molar-refractivity contribution < 1.29 is 4.79 Å². The summed E-state index contributed by atoms with van der Waals surface area (Å²) >= 11 is 0. The maximum Gasteiger partial charge on any atom is 0.253 e. The van der Waals surface area contributed by atoms with Gasteiger partial charge in [-0.05, 0) is 31.9 Å². The Morgan fingerprint density at radius 2 is 2.12 bits per heavy atom. The number of unbranched alkanes of at least 4 members (excludes halogenated alkanes) is 1. The zero-order valence-electron chi connectivity index (χ0n) is 18.9. The van der Waals surface area contributed by atoms with Crippen LogP contribution in [0.2, 0.25) is 0 Å². The first-order valence-electron chi connectivity index (χ1n) is 11.2. The van der Waals surface area contributed by atoms with Gasteiger partial charge in [-0.1, -0.05) is 24.3 Å². The van der Waals surface area contributed by atoms with Gasteiger partial charge in [-0.25, -0.2) is 9.97 Å². The second-order valence-electron chi connectivity index (χ2n) is 8.24. The average Bonchev–Trinajstić information content (AvgIpc) is 3.26. The van der Waals surface area contributed by atoms with Crippen molar-refractivity contribution in [1.29, 1.82) is 5.26 Å². The van der Waals surface area contributed by atoms with Gasteiger partial charge in [-0.2, -0.15) is 5.26 Å². The normalized spacial score (nSPS) is 14.9. The number of aromatic amines is 1. The molecule has 1 aromatic carbocycles. The van der Waals surface area contributed by atoms with Crippen molar-refractivity contribution in [3.05, 3.63) is 66.5 Å². The highest BCUT2D eigenvalue weighted by atomic mass is 16.1. The van der Waals surface area contributed by atoms with Gasteiger partial charge in [-0.15, -0.1) is 13.2 Å². The molecule has 0 spiro atoms. The molecule has 7 heteroatoms. The number of carbonyl (C=O) groups is 1. The van der Waals surface area contributed by atoms with Crippen LogP contribution in [0.4, 0.5) is 5.82 Å². The van der Waals surface area contributed by atoms with E-state index in [0.29, 0.717) is 31.6 Å². The van der Waals surface area contributed by atoms with Crippen LogP contribution in [-0.2, 0) is 0 Å². The van der Waals surface area contributed by atoms with Crippen molar-refractivity contribution in [2.24, 2.45) is 0 Å². The van der Waals surface area contributed by atoms with Crippen LogP contribution in [0.1, 0.15) is 46.9 Å². The molecule has 2 N–H and O–H groups in total. The fourth-order valence-corrected chi connectivity index (χ4v) is 4.40. The molecule has 3 aromatic rings. The van der Waals surface area contributed by atoms with Crippen molar-refractivity contribution in [3.63, 3.8) is 0 Å². The van der Waals surface area contributed by atoms with E-state index in [0.717, 1.165) is 52.3 Å². The van der Waals surface area contributed by atoms with E-state index in [2.05, 4.69) is 34.4 Å². The minimum absolute atomic E-state index is 0.0645. The molecule has 1 aliphatic heterocycles. The lowest BCUT2D eigenvalue weighted by Gasteiger charge is -2.23. The van der Waals surface area contributed by atoms with E-state index < -0.39 is 0 Å². The van der Waals surface area contributed by atoms with E-state index in [9.17, 15) is 4.79 Å². The Balaban J connectivity index is 1.81. The molecule has 0 saturated heterocycles. The van der Waals surface area contributed by atoms with E-state index in [4.69, 9.17) is 15.2 Å². The zero-order valence-corrected chi connectivity index (χ0v) is 18.9. The van der Waals surface area contributed by atoms with Gasteiger partial charge in [0.25, 0.3) is 5.91 Å². The Kier molecular flexibility index (Phi) is 6.55. The summed E-state index contributed by atoms with van der Waals surface area (Å²) in [7, 11) is 0. The van der Waals surface area contributed by atoms with E-state index in [1.54, 1.807) is 0 Å². The van der Waals surface area contributed by atoms with Crippen molar-refractivity contribution in [2.45, 2.75) is 32.1 Å². The van der Waals surface area contributed by atoms with E-state index >= 15 is 0 Å². The largest absolute Gasteiger partial charge is 0.357 e. The second kappa shape index (κ2) is 9.70. The Morgan fingerprint density at radius 3 is 2.88 bits per heavy atom. The Morgan fingerprint density at radius 1 is 1.27 bits per heavy atom. The number of allylic oxidation sites excluding steroid dienone is 1. The molecule has 0 radical (unpaired) electrons. The molecule has 0 aliphatic carbocycles. The molecular weight excluding hydrogens is 412 g/mol. The van der Waals surface area contributed by atoms with Crippen LogP contribution in [0.3, 0.4) is 0 Å². The number of aryl methyl sites for hydroxylation is 1. The molecule has 3 heterocycles. The van der Waals surface area contributed by atoms with Gasteiger partial charge in [0.2, 0.25) is 0 Å². The lowest BCUT2D eigenvalue weighted by Crippen LogP contribution is -2.34. The second-order valence-corrected chi connectivity index (χ2v) is 8.24. The molecule has 7 nitrogen and oxygen atoms in total.